The van der Waals surface area contributed by atoms with E-state index in [0.29, 0.717) is 28.5 Å². The Kier molecular flexibility index (Phi) is 5.81. The molecule has 0 aliphatic rings. The Morgan fingerprint density at radius 1 is 1.09 bits per heavy atom. The van der Waals surface area contributed by atoms with Crippen molar-refractivity contribution in [2.24, 2.45) is 5.92 Å². The molecule has 1 aromatic heterocycles. The zero-order valence-electron chi connectivity index (χ0n) is 12.8. The predicted octanol–water partition coefficient (Wildman–Crippen LogP) is 3.15. The van der Waals surface area contributed by atoms with Gasteiger partial charge in [-0.15, -0.1) is 0 Å². The van der Waals surface area contributed by atoms with Gasteiger partial charge in [0.1, 0.15) is 5.75 Å². The minimum absolute atomic E-state index is 0.0922. The molecule has 0 aliphatic heterocycles. The molecule has 0 unspecified atom stereocenters. The Hall–Kier alpha value is -2.28. The predicted molar refractivity (Wildman–Crippen MR) is 88.1 cm³/mol. The number of hydrogen-bond acceptors (Lipinski definition) is 4. The number of nitrogens with one attached hydrogen (secondary N) is 2. The second-order valence-electron chi connectivity index (χ2n) is 5.24. The molecule has 23 heavy (non-hydrogen) atoms. The molecule has 1 heterocycles. The summed E-state index contributed by atoms with van der Waals surface area (Å²) in [5.74, 6) is 0.240. The van der Waals surface area contributed by atoms with Gasteiger partial charge in [-0.1, -0.05) is 13.8 Å². The molecule has 122 valence electrons. The van der Waals surface area contributed by atoms with Crippen molar-refractivity contribution in [2.45, 2.75) is 13.8 Å². The van der Waals surface area contributed by atoms with Crippen LogP contribution in [-0.4, -0.2) is 18.4 Å². The van der Waals surface area contributed by atoms with Crippen molar-refractivity contribution in [1.82, 2.24) is 10.9 Å². The van der Waals surface area contributed by atoms with Gasteiger partial charge in [-0.2, -0.15) is 0 Å². The Balaban J connectivity index is 1.87. The summed E-state index contributed by atoms with van der Waals surface area (Å²) in [6, 6.07) is 9.76. The molecule has 6 nitrogen and oxygen atoms in total. The lowest BCUT2D eigenvalue weighted by atomic mass is 10.2. The highest BCUT2D eigenvalue weighted by atomic mass is 79.9. The molecule has 0 fully saturated rings. The van der Waals surface area contributed by atoms with Crippen LogP contribution in [0.1, 0.15) is 34.8 Å². The second-order valence-corrected chi connectivity index (χ2v) is 6.02. The quantitative estimate of drug-likeness (QED) is 0.780. The van der Waals surface area contributed by atoms with E-state index in [1.807, 2.05) is 0 Å². The number of rotatable bonds is 5. The van der Waals surface area contributed by atoms with Crippen molar-refractivity contribution >= 4 is 27.7 Å². The Labute approximate surface area is 142 Å². The van der Waals surface area contributed by atoms with Crippen LogP contribution in [0.4, 0.5) is 0 Å². The summed E-state index contributed by atoms with van der Waals surface area (Å²) < 4.78 is 11.1. The van der Waals surface area contributed by atoms with E-state index in [0.717, 1.165) is 0 Å². The van der Waals surface area contributed by atoms with Crippen LogP contribution in [-0.2, 0) is 0 Å². The summed E-state index contributed by atoms with van der Waals surface area (Å²) in [5.41, 5.74) is 5.01. The fourth-order valence-electron chi connectivity index (χ4n) is 1.65. The zero-order valence-corrected chi connectivity index (χ0v) is 14.3. The highest BCUT2D eigenvalue weighted by molar-refractivity contribution is 9.10. The monoisotopic (exact) mass is 380 g/mol. The SMILES string of the molecule is CC(C)COc1ccc(C(=O)NNC(=O)c2ccc(Br)o2)cc1. The standard InChI is InChI=1S/C16H17BrN2O4/c1-10(2)9-22-12-5-3-11(4-6-12)15(20)18-19-16(21)13-7-8-14(17)23-13/h3-8,10H,9H2,1-2H3,(H,18,20)(H,19,21). The van der Waals surface area contributed by atoms with Crippen LogP contribution in [0.2, 0.25) is 0 Å². The van der Waals surface area contributed by atoms with Crippen molar-refractivity contribution in [2.75, 3.05) is 6.61 Å². The van der Waals surface area contributed by atoms with Crippen LogP contribution in [0.3, 0.4) is 0 Å². The van der Waals surface area contributed by atoms with Crippen LogP contribution in [0.15, 0.2) is 45.5 Å². The molecule has 2 N–H and O–H groups in total. The fourth-order valence-corrected chi connectivity index (χ4v) is 1.96. The maximum absolute atomic E-state index is 12.0. The van der Waals surface area contributed by atoms with E-state index in [9.17, 15) is 9.59 Å². The first-order valence-corrected chi connectivity index (χ1v) is 7.84. The number of hydrazine groups is 1. The first kappa shape index (κ1) is 17.1. The minimum Gasteiger partial charge on any atom is -0.493 e. The van der Waals surface area contributed by atoms with E-state index in [2.05, 4.69) is 40.6 Å². The number of carbonyl (C=O) groups excluding carboxylic acids is 2. The molecule has 0 radical (unpaired) electrons. The summed E-state index contributed by atoms with van der Waals surface area (Å²) in [6.45, 7) is 4.73. The van der Waals surface area contributed by atoms with E-state index < -0.39 is 11.8 Å². The average Bonchev–Trinajstić information content (AvgIpc) is 2.97. The third-order valence-electron chi connectivity index (χ3n) is 2.79. The molecule has 0 spiro atoms. The first-order valence-electron chi connectivity index (χ1n) is 7.04. The summed E-state index contributed by atoms with van der Waals surface area (Å²) >= 11 is 3.10. The number of carbonyl (C=O) groups is 2. The third kappa shape index (κ3) is 5.14. The van der Waals surface area contributed by atoms with Crippen LogP contribution >= 0.6 is 15.9 Å². The molecule has 2 aromatic rings. The number of ether oxygens (including phenoxy) is 1. The second kappa shape index (κ2) is 7.82. The highest BCUT2D eigenvalue weighted by Crippen LogP contribution is 2.14. The number of furan rings is 1. The Morgan fingerprint density at radius 2 is 1.74 bits per heavy atom. The largest absolute Gasteiger partial charge is 0.493 e. The average molecular weight is 381 g/mol. The highest BCUT2D eigenvalue weighted by Gasteiger charge is 2.12. The van der Waals surface area contributed by atoms with Crippen LogP contribution in [0.5, 0.6) is 5.75 Å². The van der Waals surface area contributed by atoms with Crippen molar-refractivity contribution in [3.05, 3.63) is 52.4 Å². The Morgan fingerprint density at radius 3 is 2.30 bits per heavy atom. The number of benzene rings is 1. The normalized spacial score (nSPS) is 10.4. The van der Waals surface area contributed by atoms with Gasteiger partial charge in [-0.25, -0.2) is 0 Å². The lowest BCUT2D eigenvalue weighted by Crippen LogP contribution is -2.41. The molecule has 1 aromatic carbocycles. The molecule has 2 amide bonds. The maximum Gasteiger partial charge on any atom is 0.305 e. The summed E-state index contributed by atoms with van der Waals surface area (Å²) in [6.07, 6.45) is 0. The van der Waals surface area contributed by atoms with Gasteiger partial charge in [0.15, 0.2) is 10.4 Å². The molecule has 0 saturated carbocycles. The molecule has 2 rings (SSSR count). The van der Waals surface area contributed by atoms with Gasteiger partial charge in [0, 0.05) is 5.56 Å². The van der Waals surface area contributed by atoms with Crippen LogP contribution in [0, 0.1) is 5.92 Å². The van der Waals surface area contributed by atoms with Crippen molar-refractivity contribution in [1.29, 1.82) is 0 Å². The molecular formula is C16H17BrN2O4. The molecule has 7 heteroatoms. The van der Waals surface area contributed by atoms with E-state index in [-0.39, 0.29) is 5.76 Å². The lowest BCUT2D eigenvalue weighted by molar-refractivity contribution is 0.0830. The van der Waals surface area contributed by atoms with E-state index in [1.165, 1.54) is 6.07 Å². The third-order valence-corrected chi connectivity index (χ3v) is 3.21. The van der Waals surface area contributed by atoms with E-state index in [4.69, 9.17) is 9.15 Å². The van der Waals surface area contributed by atoms with Crippen LogP contribution in [0.25, 0.3) is 0 Å². The maximum atomic E-state index is 12.0. The van der Waals surface area contributed by atoms with Crippen LogP contribution < -0.4 is 15.6 Å². The molecule has 0 atom stereocenters. The number of amides is 2. The van der Waals surface area contributed by atoms with Gasteiger partial charge in [-0.3, -0.25) is 20.4 Å². The molecule has 0 aliphatic carbocycles. The van der Waals surface area contributed by atoms with Gasteiger partial charge in [-0.05, 0) is 58.2 Å². The van der Waals surface area contributed by atoms with Crippen molar-refractivity contribution in [3.63, 3.8) is 0 Å². The van der Waals surface area contributed by atoms with Gasteiger partial charge in [0.25, 0.3) is 5.91 Å². The van der Waals surface area contributed by atoms with Crippen molar-refractivity contribution < 1.29 is 18.7 Å². The number of halogens is 1. The number of hydrogen-bond donors (Lipinski definition) is 2. The minimum atomic E-state index is -0.541. The smallest absolute Gasteiger partial charge is 0.305 e. The summed E-state index contributed by atoms with van der Waals surface area (Å²) in [4.78, 5) is 23.7. The molecule has 0 bridgehead atoms. The lowest BCUT2D eigenvalue weighted by Gasteiger charge is -2.09. The molecule has 0 saturated heterocycles. The summed E-state index contributed by atoms with van der Waals surface area (Å²) in [7, 11) is 0. The topological polar surface area (TPSA) is 80.6 Å². The molecular weight excluding hydrogens is 364 g/mol. The van der Waals surface area contributed by atoms with Gasteiger partial charge in [0.2, 0.25) is 0 Å². The van der Waals surface area contributed by atoms with Crippen molar-refractivity contribution in [3.8, 4) is 5.75 Å². The van der Waals surface area contributed by atoms with E-state index >= 15 is 0 Å². The Bertz CT molecular complexity index is 680. The van der Waals surface area contributed by atoms with Gasteiger partial charge >= 0.3 is 5.91 Å². The van der Waals surface area contributed by atoms with E-state index in [1.54, 1.807) is 30.3 Å². The van der Waals surface area contributed by atoms with Gasteiger partial charge in [0.05, 0.1) is 6.61 Å². The fraction of sp³-hybridized carbons (Fsp3) is 0.250. The summed E-state index contributed by atoms with van der Waals surface area (Å²) in [5, 5.41) is 0. The zero-order chi connectivity index (χ0) is 16.8. The first-order chi connectivity index (χ1) is 11.0. The van der Waals surface area contributed by atoms with Gasteiger partial charge < -0.3 is 9.15 Å².